The zero-order valence-electron chi connectivity index (χ0n) is 9.90. The summed E-state index contributed by atoms with van der Waals surface area (Å²) in [6, 6.07) is 0. The maximum atomic E-state index is 11.4. The van der Waals surface area contributed by atoms with Gasteiger partial charge in [-0.25, -0.2) is 10.9 Å². The van der Waals surface area contributed by atoms with Gasteiger partial charge in [0.1, 0.15) is 0 Å². The Kier molecular flexibility index (Phi) is 5.71. The fourth-order valence-electron chi connectivity index (χ4n) is 1.20. The molecule has 17 heavy (non-hydrogen) atoms. The molecule has 0 unspecified atom stereocenters. The molecule has 0 aliphatic carbocycles. The molecule has 1 rings (SSSR count). The molecule has 0 bridgehead atoms. The lowest BCUT2D eigenvalue weighted by atomic mass is 10.1. The van der Waals surface area contributed by atoms with Gasteiger partial charge in [-0.15, -0.1) is 0 Å². The monoisotopic (exact) mass is 242 g/mol. The zero-order valence-corrected chi connectivity index (χ0v) is 9.90. The summed E-state index contributed by atoms with van der Waals surface area (Å²) in [5.74, 6) is 0.0142. The van der Waals surface area contributed by atoms with E-state index in [-0.39, 0.29) is 11.6 Å². The molecule has 0 radical (unpaired) electrons. The first-order valence-electron chi connectivity index (χ1n) is 5.56. The number of ether oxygens (including phenoxy) is 1. The molecule has 1 heterocycles. The van der Waals surface area contributed by atoms with Crippen LogP contribution in [0.1, 0.15) is 19.8 Å². The van der Waals surface area contributed by atoms with Gasteiger partial charge in [-0.1, -0.05) is 5.11 Å². The first-order valence-corrected chi connectivity index (χ1v) is 5.56. The number of hydrogen-bond acceptors (Lipinski definition) is 5. The Morgan fingerprint density at radius 1 is 1.53 bits per heavy atom. The van der Waals surface area contributed by atoms with Crippen LogP contribution in [0, 0.1) is 0 Å². The predicted molar refractivity (Wildman–Crippen MR) is 61.8 cm³/mol. The zero-order chi connectivity index (χ0) is 12.6. The van der Waals surface area contributed by atoms with Crippen molar-refractivity contribution in [2.24, 2.45) is 5.11 Å². The second-order valence-corrected chi connectivity index (χ2v) is 4.00. The molecule has 1 amide bonds. The molecule has 0 aromatic carbocycles. The van der Waals surface area contributed by atoms with Crippen LogP contribution in [0.15, 0.2) is 5.11 Å². The Hall–Kier alpha value is -1.34. The van der Waals surface area contributed by atoms with Gasteiger partial charge >= 0.3 is 0 Å². The first-order chi connectivity index (χ1) is 8.16. The van der Waals surface area contributed by atoms with E-state index < -0.39 is 0 Å². The van der Waals surface area contributed by atoms with E-state index in [2.05, 4.69) is 26.2 Å². The van der Waals surface area contributed by atoms with Gasteiger partial charge in [0.25, 0.3) is 0 Å². The number of azide groups is 1. The molecule has 8 heteroatoms. The smallest absolute Gasteiger partial charge is 0.220 e. The average Bonchev–Trinajstić information content (AvgIpc) is 3.04. The number of carbonyl (C=O) groups excluding carboxylic acids is 1. The van der Waals surface area contributed by atoms with Crippen molar-refractivity contribution in [1.29, 1.82) is 0 Å². The van der Waals surface area contributed by atoms with Crippen molar-refractivity contribution in [2.75, 3.05) is 26.3 Å². The minimum absolute atomic E-state index is 0.0142. The van der Waals surface area contributed by atoms with Gasteiger partial charge < -0.3 is 10.1 Å². The molecule has 0 saturated carbocycles. The first kappa shape index (κ1) is 13.7. The number of amides is 1. The third kappa shape index (κ3) is 6.75. The molecule has 8 nitrogen and oxygen atoms in total. The third-order valence-electron chi connectivity index (χ3n) is 2.37. The van der Waals surface area contributed by atoms with Crippen molar-refractivity contribution in [3.63, 3.8) is 0 Å². The highest BCUT2D eigenvalue weighted by atomic mass is 16.5. The van der Waals surface area contributed by atoms with Crippen molar-refractivity contribution in [2.45, 2.75) is 25.4 Å². The topological polar surface area (TPSA) is 131 Å². The predicted octanol–water partition coefficient (Wildman–Crippen LogP) is 0.0337. The van der Waals surface area contributed by atoms with Crippen molar-refractivity contribution < 1.29 is 9.53 Å². The van der Waals surface area contributed by atoms with E-state index in [0.717, 1.165) is 6.42 Å². The molecular formula is C9H18N6O2. The molecule has 0 spiro atoms. The molecule has 0 aromatic heterocycles. The fourth-order valence-corrected chi connectivity index (χ4v) is 1.20. The van der Waals surface area contributed by atoms with E-state index in [9.17, 15) is 4.79 Å². The maximum absolute atomic E-state index is 11.4. The van der Waals surface area contributed by atoms with E-state index in [4.69, 9.17) is 10.3 Å². The van der Waals surface area contributed by atoms with Crippen molar-refractivity contribution in [3.05, 3.63) is 10.4 Å². The second-order valence-electron chi connectivity index (χ2n) is 4.00. The Morgan fingerprint density at radius 3 is 2.94 bits per heavy atom. The van der Waals surface area contributed by atoms with E-state index >= 15 is 0 Å². The fraction of sp³-hybridized carbons (Fsp3) is 0.889. The normalized spacial score (nSPS) is 16.1. The number of rotatable bonds is 9. The lowest BCUT2D eigenvalue weighted by Crippen LogP contribution is -2.28. The Labute approximate surface area is 99.7 Å². The molecule has 1 saturated heterocycles. The van der Waals surface area contributed by atoms with Crippen LogP contribution in [-0.2, 0) is 9.53 Å². The van der Waals surface area contributed by atoms with Crippen LogP contribution in [0.4, 0.5) is 0 Å². The van der Waals surface area contributed by atoms with Crippen LogP contribution in [0.25, 0.3) is 10.4 Å². The maximum Gasteiger partial charge on any atom is 0.220 e. The summed E-state index contributed by atoms with van der Waals surface area (Å²) in [6.07, 6.45) is 1.24. The quantitative estimate of drug-likeness (QED) is 0.173. The van der Waals surface area contributed by atoms with E-state index in [1.54, 1.807) is 0 Å². The van der Waals surface area contributed by atoms with Gasteiger partial charge in [-0.2, -0.15) is 0 Å². The van der Waals surface area contributed by atoms with Crippen LogP contribution < -0.4 is 16.2 Å². The summed E-state index contributed by atoms with van der Waals surface area (Å²) < 4.78 is 5.14. The molecular weight excluding hydrogens is 224 g/mol. The van der Waals surface area contributed by atoms with Crippen molar-refractivity contribution in [1.82, 2.24) is 16.2 Å². The van der Waals surface area contributed by atoms with Gasteiger partial charge in [0.15, 0.2) is 0 Å². The van der Waals surface area contributed by atoms with E-state index in [1.807, 2.05) is 6.92 Å². The van der Waals surface area contributed by atoms with Gasteiger partial charge in [-0.3, -0.25) is 4.79 Å². The third-order valence-corrected chi connectivity index (χ3v) is 2.37. The second kappa shape index (κ2) is 7.08. The summed E-state index contributed by atoms with van der Waals surface area (Å²) in [4.78, 5) is 14.0. The summed E-state index contributed by atoms with van der Waals surface area (Å²) in [7, 11) is 0. The van der Waals surface area contributed by atoms with Crippen molar-refractivity contribution in [3.8, 4) is 0 Å². The molecule has 1 fully saturated rings. The van der Waals surface area contributed by atoms with Crippen LogP contribution in [0.2, 0.25) is 0 Å². The molecule has 1 aliphatic rings. The molecule has 0 aromatic rings. The van der Waals surface area contributed by atoms with Gasteiger partial charge in [0.05, 0.1) is 18.9 Å². The standard InChI is InChI=1S/C9H18N6O2/c1-9(13-14-9)3-2-8(16)11-4-6-17-7-5-12-15-10/h13-14H,2-7H2,1H3,(H,11,16). The molecule has 1 aliphatic heterocycles. The van der Waals surface area contributed by atoms with Crippen LogP contribution in [-0.4, -0.2) is 37.9 Å². The number of nitrogens with one attached hydrogen (secondary N) is 3. The summed E-state index contributed by atoms with van der Waals surface area (Å²) in [5, 5.41) is 6.07. The Balaban J connectivity index is 1.88. The largest absolute Gasteiger partial charge is 0.379 e. The number of hydrogen-bond donors (Lipinski definition) is 3. The van der Waals surface area contributed by atoms with Crippen molar-refractivity contribution >= 4 is 5.91 Å². The molecule has 96 valence electrons. The minimum Gasteiger partial charge on any atom is -0.379 e. The highest BCUT2D eigenvalue weighted by molar-refractivity contribution is 5.75. The van der Waals surface area contributed by atoms with Gasteiger partial charge in [-0.05, 0) is 18.9 Å². The summed E-state index contributed by atoms with van der Waals surface area (Å²) in [6.45, 7) is 3.61. The van der Waals surface area contributed by atoms with E-state index in [0.29, 0.717) is 32.7 Å². The SMILES string of the molecule is CC1(CCC(=O)NCCOCCN=[N+]=[N-])NN1. The Morgan fingerprint density at radius 2 is 2.29 bits per heavy atom. The Bertz CT molecular complexity index is 298. The van der Waals surface area contributed by atoms with E-state index in [1.165, 1.54) is 0 Å². The number of nitrogens with zero attached hydrogens (tertiary/aromatic N) is 3. The van der Waals surface area contributed by atoms with Crippen LogP contribution in [0.3, 0.4) is 0 Å². The lowest BCUT2D eigenvalue weighted by molar-refractivity contribution is -0.121. The molecule has 3 N–H and O–H groups in total. The average molecular weight is 242 g/mol. The number of hydrazine groups is 1. The minimum atomic E-state index is -0.0663. The highest BCUT2D eigenvalue weighted by Crippen LogP contribution is 2.15. The van der Waals surface area contributed by atoms with Gasteiger partial charge in [0.2, 0.25) is 5.91 Å². The lowest BCUT2D eigenvalue weighted by Gasteiger charge is -2.07. The number of carbonyl (C=O) groups is 1. The summed E-state index contributed by atoms with van der Waals surface area (Å²) >= 11 is 0. The summed E-state index contributed by atoms with van der Waals surface area (Å²) in [5.41, 5.74) is 13.9. The van der Waals surface area contributed by atoms with Gasteiger partial charge in [0, 0.05) is 24.4 Å². The van der Waals surface area contributed by atoms with Crippen LogP contribution >= 0.6 is 0 Å². The highest BCUT2D eigenvalue weighted by Gasteiger charge is 2.35. The van der Waals surface area contributed by atoms with Crippen LogP contribution in [0.5, 0.6) is 0 Å². The molecule has 0 atom stereocenters.